The molecule has 0 unspecified atom stereocenters. The minimum absolute atomic E-state index is 0.119. The highest BCUT2D eigenvalue weighted by atomic mass is 32.1. The fourth-order valence-corrected chi connectivity index (χ4v) is 2.23. The maximum Gasteiger partial charge on any atom is 0.293 e. The van der Waals surface area contributed by atoms with Crippen LogP contribution in [0.3, 0.4) is 0 Å². The zero-order valence-corrected chi connectivity index (χ0v) is 10.6. The number of amides is 1. The second kappa shape index (κ2) is 5.49. The van der Waals surface area contributed by atoms with Gasteiger partial charge in [-0.1, -0.05) is 6.07 Å². The van der Waals surface area contributed by atoms with Crippen molar-refractivity contribution in [3.63, 3.8) is 0 Å². The van der Waals surface area contributed by atoms with E-state index in [1.807, 2.05) is 17.5 Å². The summed E-state index contributed by atoms with van der Waals surface area (Å²) in [5.74, 6) is -0.687. The monoisotopic (exact) mass is 277 g/mol. The molecule has 0 atom stereocenters. The standard InChI is InChI=1S/C12H11N3O3S/c13-12(16)8-3-4-10(11(6-8)15(17)18)14-7-9-2-1-5-19-9/h1-6,14H,7H2,(H2,13,16). The number of hydrogen-bond acceptors (Lipinski definition) is 5. The van der Waals surface area contributed by atoms with Crippen LogP contribution in [0, 0.1) is 10.1 Å². The first-order valence-corrected chi connectivity index (χ1v) is 6.30. The zero-order valence-electron chi connectivity index (χ0n) is 9.83. The van der Waals surface area contributed by atoms with Gasteiger partial charge < -0.3 is 11.1 Å². The maximum atomic E-state index is 11.0. The van der Waals surface area contributed by atoms with Gasteiger partial charge in [0.05, 0.1) is 4.92 Å². The lowest BCUT2D eigenvalue weighted by atomic mass is 10.1. The van der Waals surface area contributed by atoms with E-state index in [-0.39, 0.29) is 11.3 Å². The van der Waals surface area contributed by atoms with Crippen molar-refractivity contribution < 1.29 is 9.72 Å². The molecule has 98 valence electrons. The number of benzene rings is 1. The predicted octanol–water partition coefficient (Wildman–Crippen LogP) is 2.37. The molecule has 2 aromatic rings. The Bertz CT molecular complexity index is 611. The Labute approximate surface area is 113 Å². The van der Waals surface area contributed by atoms with Gasteiger partial charge in [-0.3, -0.25) is 14.9 Å². The molecule has 0 saturated heterocycles. The minimum atomic E-state index is -0.687. The number of nitrogens with zero attached hydrogens (tertiary/aromatic N) is 1. The number of nitro benzene ring substituents is 1. The third kappa shape index (κ3) is 3.08. The number of hydrogen-bond donors (Lipinski definition) is 2. The number of rotatable bonds is 5. The summed E-state index contributed by atoms with van der Waals surface area (Å²) in [4.78, 5) is 22.5. The van der Waals surface area contributed by atoms with E-state index in [1.165, 1.54) is 18.2 Å². The number of nitrogens with one attached hydrogen (secondary N) is 1. The first kappa shape index (κ1) is 13.0. The first-order chi connectivity index (χ1) is 9.08. The molecule has 6 nitrogen and oxygen atoms in total. The second-order valence-corrected chi connectivity index (χ2v) is 4.82. The molecular formula is C12H11N3O3S. The van der Waals surface area contributed by atoms with Crippen LogP contribution in [-0.2, 0) is 6.54 Å². The maximum absolute atomic E-state index is 11.0. The lowest BCUT2D eigenvalue weighted by Crippen LogP contribution is -2.11. The number of nitro groups is 1. The van der Waals surface area contributed by atoms with Gasteiger partial charge in [0.15, 0.2) is 0 Å². The van der Waals surface area contributed by atoms with E-state index in [0.717, 1.165) is 4.88 Å². The molecule has 0 aliphatic carbocycles. The number of carbonyl (C=O) groups is 1. The normalized spacial score (nSPS) is 10.1. The molecule has 0 radical (unpaired) electrons. The third-order valence-corrected chi connectivity index (χ3v) is 3.39. The van der Waals surface area contributed by atoms with E-state index in [2.05, 4.69) is 5.32 Å². The molecule has 0 aliphatic rings. The zero-order chi connectivity index (χ0) is 13.8. The van der Waals surface area contributed by atoms with Gasteiger partial charge in [-0.25, -0.2) is 0 Å². The van der Waals surface area contributed by atoms with Gasteiger partial charge in [-0.05, 0) is 23.6 Å². The lowest BCUT2D eigenvalue weighted by molar-refractivity contribution is -0.384. The van der Waals surface area contributed by atoms with E-state index < -0.39 is 10.8 Å². The summed E-state index contributed by atoms with van der Waals surface area (Å²) in [6.07, 6.45) is 0. The predicted molar refractivity (Wildman–Crippen MR) is 73.3 cm³/mol. The molecule has 0 fully saturated rings. The summed E-state index contributed by atoms with van der Waals surface area (Å²) in [5.41, 5.74) is 5.43. The summed E-state index contributed by atoms with van der Waals surface area (Å²) >= 11 is 1.56. The molecule has 19 heavy (non-hydrogen) atoms. The third-order valence-electron chi connectivity index (χ3n) is 2.51. The molecule has 1 aromatic heterocycles. The molecule has 0 bridgehead atoms. The summed E-state index contributed by atoms with van der Waals surface area (Å²) < 4.78 is 0. The van der Waals surface area contributed by atoms with E-state index in [9.17, 15) is 14.9 Å². The van der Waals surface area contributed by atoms with Crippen molar-refractivity contribution in [1.82, 2.24) is 0 Å². The van der Waals surface area contributed by atoms with Crippen LogP contribution in [-0.4, -0.2) is 10.8 Å². The molecule has 0 saturated carbocycles. The Kier molecular flexibility index (Phi) is 3.76. The van der Waals surface area contributed by atoms with Gasteiger partial charge in [0.1, 0.15) is 5.69 Å². The molecule has 1 amide bonds. The van der Waals surface area contributed by atoms with Crippen molar-refractivity contribution in [2.45, 2.75) is 6.54 Å². The van der Waals surface area contributed by atoms with E-state index >= 15 is 0 Å². The number of thiophene rings is 1. The van der Waals surface area contributed by atoms with Crippen molar-refractivity contribution in [2.24, 2.45) is 5.73 Å². The van der Waals surface area contributed by atoms with Crippen LogP contribution in [0.4, 0.5) is 11.4 Å². The average molecular weight is 277 g/mol. The van der Waals surface area contributed by atoms with Crippen molar-refractivity contribution >= 4 is 28.6 Å². The van der Waals surface area contributed by atoms with Gasteiger partial charge in [0.2, 0.25) is 5.91 Å². The molecular weight excluding hydrogens is 266 g/mol. The number of anilines is 1. The molecule has 0 aliphatic heterocycles. The van der Waals surface area contributed by atoms with Crippen LogP contribution < -0.4 is 11.1 Å². The van der Waals surface area contributed by atoms with E-state index in [0.29, 0.717) is 12.2 Å². The summed E-state index contributed by atoms with van der Waals surface area (Å²) in [6, 6.07) is 7.98. The van der Waals surface area contributed by atoms with Crippen molar-refractivity contribution in [3.05, 3.63) is 56.3 Å². The fraction of sp³-hybridized carbons (Fsp3) is 0.0833. The molecule has 7 heteroatoms. The van der Waals surface area contributed by atoms with Gasteiger partial charge in [-0.15, -0.1) is 11.3 Å². The van der Waals surface area contributed by atoms with Crippen LogP contribution in [0.25, 0.3) is 0 Å². The highest BCUT2D eigenvalue weighted by Crippen LogP contribution is 2.26. The number of primary amides is 1. The second-order valence-electron chi connectivity index (χ2n) is 3.79. The van der Waals surface area contributed by atoms with E-state index in [4.69, 9.17) is 5.73 Å². The quantitative estimate of drug-likeness (QED) is 0.647. The summed E-state index contributed by atoms with van der Waals surface area (Å²) in [6.45, 7) is 0.494. The van der Waals surface area contributed by atoms with Crippen molar-refractivity contribution in [1.29, 1.82) is 0 Å². The van der Waals surface area contributed by atoms with Crippen molar-refractivity contribution in [2.75, 3.05) is 5.32 Å². The topological polar surface area (TPSA) is 98.3 Å². The number of carbonyl (C=O) groups excluding carboxylic acids is 1. The molecule has 1 heterocycles. The van der Waals surface area contributed by atoms with Gasteiger partial charge in [0, 0.05) is 23.1 Å². The Balaban J connectivity index is 2.24. The van der Waals surface area contributed by atoms with Gasteiger partial charge in [-0.2, -0.15) is 0 Å². The van der Waals surface area contributed by atoms with Crippen LogP contribution in [0.2, 0.25) is 0 Å². The molecule has 3 N–H and O–H groups in total. The lowest BCUT2D eigenvalue weighted by Gasteiger charge is -2.06. The SMILES string of the molecule is NC(=O)c1ccc(NCc2cccs2)c([N+](=O)[O-])c1. The fourth-order valence-electron chi connectivity index (χ4n) is 1.58. The average Bonchev–Trinajstić information content (AvgIpc) is 2.89. The largest absolute Gasteiger partial charge is 0.375 e. The Morgan fingerprint density at radius 2 is 2.21 bits per heavy atom. The van der Waals surface area contributed by atoms with Crippen LogP contribution in [0.1, 0.15) is 15.2 Å². The van der Waals surface area contributed by atoms with Crippen molar-refractivity contribution in [3.8, 4) is 0 Å². The molecule has 2 rings (SSSR count). The van der Waals surface area contributed by atoms with Gasteiger partial charge >= 0.3 is 0 Å². The Morgan fingerprint density at radius 3 is 2.79 bits per heavy atom. The first-order valence-electron chi connectivity index (χ1n) is 5.42. The highest BCUT2D eigenvalue weighted by Gasteiger charge is 2.16. The van der Waals surface area contributed by atoms with E-state index in [1.54, 1.807) is 11.3 Å². The Morgan fingerprint density at radius 1 is 1.42 bits per heavy atom. The Hall–Kier alpha value is -2.41. The summed E-state index contributed by atoms with van der Waals surface area (Å²) in [5, 5.41) is 15.9. The minimum Gasteiger partial charge on any atom is -0.375 e. The number of nitrogens with two attached hydrogens (primary N) is 1. The van der Waals surface area contributed by atoms with Gasteiger partial charge in [0.25, 0.3) is 5.69 Å². The van der Waals surface area contributed by atoms with Crippen LogP contribution in [0.5, 0.6) is 0 Å². The molecule has 1 aromatic carbocycles. The highest BCUT2D eigenvalue weighted by molar-refractivity contribution is 7.09. The molecule has 0 spiro atoms. The van der Waals surface area contributed by atoms with Crippen LogP contribution >= 0.6 is 11.3 Å². The summed E-state index contributed by atoms with van der Waals surface area (Å²) in [7, 11) is 0. The van der Waals surface area contributed by atoms with Crippen LogP contribution in [0.15, 0.2) is 35.7 Å². The smallest absolute Gasteiger partial charge is 0.293 e.